The minimum absolute atomic E-state index is 2.13. The van der Waals surface area contributed by atoms with Crippen LogP contribution in [0.4, 0.5) is 0 Å². The molecule has 5 aliphatic rings. The van der Waals surface area contributed by atoms with Crippen LogP contribution >= 0.6 is 0 Å². The summed E-state index contributed by atoms with van der Waals surface area (Å²) in [5, 5.41) is 10.7. The number of aliphatic hydroxyl groups excluding tert-OH is 1. The maximum Gasteiger partial charge on any atom is 0.397 e. The molecule has 712 valence electrons. The number of aliphatic hydroxyl groups is 1. The van der Waals surface area contributed by atoms with Crippen molar-refractivity contribution in [3.8, 4) is 0 Å². The third kappa shape index (κ3) is 38.4. The van der Waals surface area contributed by atoms with E-state index in [-0.39, 0.29) is 0 Å². The smallest absolute Gasteiger partial charge is 0.366 e. The second kappa shape index (κ2) is 39.5. The normalized spacial score (nSPS) is 33.4. The molecular formula is C30H52O74S16. The summed E-state index contributed by atoms with van der Waals surface area (Å²) in [6, 6.07) is 0. The largest absolute Gasteiger partial charge is 0.397 e. The van der Waals surface area contributed by atoms with Gasteiger partial charge in [-0.05, 0) is 0 Å². The predicted molar refractivity (Wildman–Crippen MR) is 333 cm³/mol. The highest BCUT2D eigenvalue weighted by Crippen LogP contribution is 2.43. The van der Waals surface area contributed by atoms with Crippen molar-refractivity contribution in [3.05, 3.63) is 0 Å². The summed E-state index contributed by atoms with van der Waals surface area (Å²) in [6.07, 6.45) is -94.0. The Morgan fingerprint density at radius 3 is 0.475 bits per heavy atom. The molecule has 0 aliphatic carbocycles. The third-order valence-corrected chi connectivity index (χ3v) is 20.9. The zero-order valence-electron chi connectivity index (χ0n) is 55.4. The molecule has 17 N–H and O–H groups in total. The third-order valence-electron chi connectivity index (χ3n) is 13.6. The average Bonchev–Trinajstić information content (AvgIpc) is 0.750. The van der Waals surface area contributed by atoms with Crippen LogP contribution in [0.3, 0.4) is 0 Å². The molecular weight excluding hydrogens is 2060 g/mol. The van der Waals surface area contributed by atoms with Crippen LogP contribution < -0.4 is 0 Å². The molecule has 0 saturated carbocycles. The van der Waals surface area contributed by atoms with Crippen molar-refractivity contribution < 1.29 is 322 Å². The van der Waals surface area contributed by atoms with Gasteiger partial charge in [0.05, 0.1) is 33.0 Å². The molecule has 120 heavy (non-hydrogen) atoms. The molecule has 5 saturated heterocycles. The Hall–Kier alpha value is -2.48. The maximum atomic E-state index is 13.1. The predicted octanol–water partition coefficient (Wildman–Crippen LogP) is -14.7. The van der Waals surface area contributed by atoms with E-state index >= 15 is 0 Å². The quantitative estimate of drug-likeness (QED) is 0.0252. The number of hydrogen-bond donors (Lipinski definition) is 17. The lowest BCUT2D eigenvalue weighted by Gasteiger charge is -2.51. The summed E-state index contributed by atoms with van der Waals surface area (Å²) in [5.74, 6) is 0. The van der Waals surface area contributed by atoms with Crippen molar-refractivity contribution in [2.75, 3.05) is 33.0 Å². The Labute approximate surface area is 670 Å². The van der Waals surface area contributed by atoms with E-state index in [0.717, 1.165) is 0 Å². The lowest BCUT2D eigenvalue weighted by Crippen LogP contribution is -2.70. The van der Waals surface area contributed by atoms with Gasteiger partial charge in [-0.1, -0.05) is 0 Å². The molecule has 0 spiro atoms. The summed E-state index contributed by atoms with van der Waals surface area (Å²) in [7, 11) is -105. The Balaban J connectivity index is 1.92. The first kappa shape index (κ1) is 108. The van der Waals surface area contributed by atoms with E-state index < -0.39 is 353 Å². The monoisotopic (exact) mass is 2110 g/mol. The van der Waals surface area contributed by atoms with Gasteiger partial charge in [0.15, 0.2) is 62.0 Å². The van der Waals surface area contributed by atoms with E-state index in [9.17, 15) is 213 Å². The fourth-order valence-electron chi connectivity index (χ4n) is 10.3. The van der Waals surface area contributed by atoms with Crippen LogP contribution in [0, 0.1) is 0 Å². The van der Waals surface area contributed by atoms with Gasteiger partial charge in [-0.2, -0.15) is 135 Å². The highest BCUT2D eigenvalue weighted by Gasteiger charge is 2.64. The Morgan fingerprint density at radius 2 is 0.300 bits per heavy atom. The molecule has 25 atom stereocenters. The number of hydrogen-bond acceptors (Lipinski definition) is 58. The number of ether oxygens (including phenoxy) is 9. The molecule has 0 aromatic rings. The van der Waals surface area contributed by atoms with Crippen molar-refractivity contribution in [1.82, 2.24) is 0 Å². The van der Waals surface area contributed by atoms with Crippen LogP contribution in [0.2, 0.25) is 0 Å². The van der Waals surface area contributed by atoms with E-state index in [1.165, 1.54) is 0 Å². The summed E-state index contributed by atoms with van der Waals surface area (Å²) < 4.78 is 669. The van der Waals surface area contributed by atoms with Crippen molar-refractivity contribution in [2.45, 2.75) is 154 Å². The fraction of sp³-hybridized carbons (Fsp3) is 1.00. The van der Waals surface area contributed by atoms with Crippen LogP contribution in [0.15, 0.2) is 0 Å². The molecule has 74 nitrogen and oxygen atoms in total. The molecule has 5 aliphatic heterocycles. The van der Waals surface area contributed by atoms with Gasteiger partial charge in [-0.3, -0.25) is 72.8 Å². The summed E-state index contributed by atoms with van der Waals surface area (Å²) in [4.78, 5) is 0. The van der Waals surface area contributed by atoms with Gasteiger partial charge in [0, 0.05) is 0 Å². The van der Waals surface area contributed by atoms with E-state index in [1.807, 2.05) is 0 Å². The molecule has 0 aromatic carbocycles. The molecule has 90 heteroatoms. The van der Waals surface area contributed by atoms with Crippen molar-refractivity contribution >= 4 is 166 Å². The molecule has 5 heterocycles. The topological polar surface area (TPSA) is 1120 Å². The first-order chi connectivity index (χ1) is 53.3. The van der Waals surface area contributed by atoms with Crippen LogP contribution in [-0.2, 0) is 276 Å². The molecule has 0 aromatic heterocycles. The zero-order valence-corrected chi connectivity index (χ0v) is 68.4. The minimum Gasteiger partial charge on any atom is -0.366 e. The molecule has 0 radical (unpaired) electrons. The second-order valence-electron chi connectivity index (χ2n) is 22.1. The molecule has 5 rings (SSSR count). The van der Waals surface area contributed by atoms with Gasteiger partial charge in [0.1, 0.15) is 91.6 Å². The first-order valence-corrected chi connectivity index (χ1v) is 50.0. The van der Waals surface area contributed by atoms with E-state index in [4.69, 9.17) is 42.6 Å². The highest BCUT2D eigenvalue weighted by molar-refractivity contribution is 7.84. The molecule has 1 unspecified atom stereocenters. The van der Waals surface area contributed by atoms with Crippen molar-refractivity contribution in [2.24, 2.45) is 0 Å². The van der Waals surface area contributed by atoms with Crippen LogP contribution in [0.5, 0.6) is 0 Å². The van der Waals surface area contributed by atoms with E-state index in [1.54, 1.807) is 0 Å². The van der Waals surface area contributed by atoms with E-state index in [2.05, 4.69) is 66.9 Å². The van der Waals surface area contributed by atoms with Gasteiger partial charge >= 0.3 is 166 Å². The molecule has 0 amide bonds. The van der Waals surface area contributed by atoms with E-state index in [0.29, 0.717) is 0 Å². The lowest BCUT2D eigenvalue weighted by atomic mass is 9.95. The maximum absolute atomic E-state index is 13.1. The zero-order chi connectivity index (χ0) is 92.6. The lowest BCUT2D eigenvalue weighted by molar-refractivity contribution is -0.383. The van der Waals surface area contributed by atoms with Gasteiger partial charge < -0.3 is 47.7 Å². The summed E-state index contributed by atoms with van der Waals surface area (Å²) in [5.41, 5.74) is 0. The Bertz CT molecular complexity index is 5560. The summed E-state index contributed by atoms with van der Waals surface area (Å²) in [6.45, 7) is -12.0. The summed E-state index contributed by atoms with van der Waals surface area (Å²) >= 11 is 0. The van der Waals surface area contributed by atoms with Crippen molar-refractivity contribution in [1.29, 1.82) is 0 Å². The van der Waals surface area contributed by atoms with Gasteiger partial charge in [-0.15, -0.1) is 0 Å². The van der Waals surface area contributed by atoms with Crippen LogP contribution in [0.1, 0.15) is 0 Å². The fourth-order valence-corrected chi connectivity index (χ4v) is 17.2. The standard InChI is InChI=1S/C30H52O74S16/c31-26-21(100-116(65,66)67)16(95-111(50,51)52)11(6(85-26)1-80-105(32,33)34)90-27-22(101-117(68,69)70)17(96-112(53,54)55)12(7(86-27)2-81-106(35,36)37)91-28-23(102-118(71,72)73)18(97-113(56,57)58)13(8(87-28)3-82-107(38,39)40)92-29-24(103-119(74,75)76)19(98-114(59,60)61)14(9(88-29)4-83-108(41,42)43)93-30-25(104-120(77,78)79)20(99-115(62,63)64)15(94-110(47,48)49)10(89-30)5-84-109(44,45)46/h6-31H,1-5H2,(H,32,33,34)(H,35,36,37)(H,38,39,40)(H,41,42,43)(H,44,45,46)(H,47,48,49)(H,50,51,52)(H,53,54,55)(H,56,57,58)(H,59,60,61)(H,62,63,64)(H,65,66,67)(H,68,69,70)(H,71,72,73)(H,74,75,76)(H,77,78,79)/t6-,7-,8-,9-,10-,11-,12-,13-,14-,15-,16+,17+,18+,19+,20+,21-,22-,23-,24-,25-,26?,27-,28-,29-,30-/m1/s1. The van der Waals surface area contributed by atoms with Crippen LogP contribution in [-0.4, -0.2) is 399 Å². The highest BCUT2D eigenvalue weighted by atomic mass is 32.3. The Kier molecular flexibility index (Phi) is 35.5. The minimum atomic E-state index is -6.99. The first-order valence-electron chi connectivity index (χ1n) is 28.2. The SMILES string of the molecule is O=S(=O)(O)OC[C@H]1O[C@H](O[C@H]2[C@H](OS(=O)(=O)O)[C@@H](OS(=O)(=O)O)[C@@H](O[C@H]3[C@H](OS(=O)(=O)O)[C@@H](OS(=O)(=O)O)C(O)O[C@@H]3COS(=O)(=O)O)O[C@@H]2COS(=O)(=O)O)[C@H](OS(=O)(=O)O)[C@@H](OS(=O)(=O)O)[C@@H]1O[C@H]1O[C@H](COS(=O)(=O)O)[C@@H](O[C@H]2O[C@H](COS(=O)(=O)O)[C@@H](OS(=O)(=O)O)[C@H](OS(=O)(=O)O)[C@H]2OS(=O)(=O)O)[C@H](OS(=O)(=O)O)[C@H]1OS(=O)(=O)O. The van der Waals surface area contributed by atoms with Crippen molar-refractivity contribution in [3.63, 3.8) is 0 Å². The number of rotatable bonds is 45. The average molecular weight is 2110 g/mol. The van der Waals surface area contributed by atoms with Crippen LogP contribution in [0.25, 0.3) is 0 Å². The van der Waals surface area contributed by atoms with Gasteiger partial charge in [-0.25, -0.2) is 66.9 Å². The van der Waals surface area contributed by atoms with Gasteiger partial charge in [0.25, 0.3) is 0 Å². The second-order valence-corrected chi connectivity index (χ2v) is 39.1. The Morgan fingerprint density at radius 1 is 0.167 bits per heavy atom. The molecule has 5 fully saturated rings. The molecule has 0 bridgehead atoms. The van der Waals surface area contributed by atoms with Gasteiger partial charge in [0.2, 0.25) is 0 Å².